The summed E-state index contributed by atoms with van der Waals surface area (Å²) in [7, 11) is 6.29. The van der Waals surface area contributed by atoms with Gasteiger partial charge in [-0.05, 0) is 45.3 Å². The molecular formula is C20H35IN4O. The Hall–Kier alpha value is -0.860. The summed E-state index contributed by atoms with van der Waals surface area (Å²) >= 11 is 0. The van der Waals surface area contributed by atoms with Crippen molar-refractivity contribution in [3.63, 3.8) is 0 Å². The number of nitrogens with one attached hydrogen (secondary N) is 1. The summed E-state index contributed by atoms with van der Waals surface area (Å²) in [5.74, 6) is 1.76. The monoisotopic (exact) mass is 474 g/mol. The second-order valence-electron chi connectivity index (χ2n) is 7.02. The van der Waals surface area contributed by atoms with E-state index in [1.807, 2.05) is 0 Å². The third kappa shape index (κ3) is 8.22. The van der Waals surface area contributed by atoms with Gasteiger partial charge in [0.25, 0.3) is 0 Å². The number of rotatable bonds is 10. The van der Waals surface area contributed by atoms with Crippen LogP contribution in [0.5, 0.6) is 0 Å². The molecule has 1 N–H and O–H groups in total. The summed E-state index contributed by atoms with van der Waals surface area (Å²) in [6, 6.07) is 10.8. The van der Waals surface area contributed by atoms with Crippen LogP contribution in [0.1, 0.15) is 31.4 Å². The first-order valence-corrected chi connectivity index (χ1v) is 9.40. The van der Waals surface area contributed by atoms with E-state index in [4.69, 9.17) is 9.73 Å². The zero-order valence-electron chi connectivity index (χ0n) is 16.6. The summed E-state index contributed by atoms with van der Waals surface area (Å²) in [6.45, 7) is 6.23. The number of guanidine groups is 1. The predicted molar refractivity (Wildman–Crippen MR) is 120 cm³/mol. The van der Waals surface area contributed by atoms with Gasteiger partial charge in [-0.15, -0.1) is 24.0 Å². The van der Waals surface area contributed by atoms with Crippen LogP contribution in [-0.4, -0.2) is 69.8 Å². The van der Waals surface area contributed by atoms with E-state index in [1.54, 1.807) is 0 Å². The number of ether oxygens (including phenoxy) is 1. The van der Waals surface area contributed by atoms with Crippen molar-refractivity contribution < 1.29 is 4.74 Å². The summed E-state index contributed by atoms with van der Waals surface area (Å²) in [4.78, 5) is 9.26. The van der Waals surface area contributed by atoms with Gasteiger partial charge in [0.15, 0.2) is 5.96 Å². The number of hydrogen-bond donors (Lipinski definition) is 1. The van der Waals surface area contributed by atoms with Crippen molar-refractivity contribution in [2.45, 2.75) is 25.8 Å². The van der Waals surface area contributed by atoms with Gasteiger partial charge in [0, 0.05) is 26.7 Å². The lowest BCUT2D eigenvalue weighted by Gasteiger charge is -2.26. The van der Waals surface area contributed by atoms with E-state index in [-0.39, 0.29) is 30.0 Å². The standard InChI is InChI=1S/C20H34N4O.HI/c1-5-21-20(24(4)13-14-25-16-17-11-12-17)22-15-19(23(2)3)18-9-7-6-8-10-18;/h6-10,17,19H,5,11-16H2,1-4H3,(H,21,22);1H. The van der Waals surface area contributed by atoms with Crippen LogP contribution in [0.25, 0.3) is 0 Å². The predicted octanol–water partition coefficient (Wildman–Crippen LogP) is 3.23. The molecule has 1 aromatic rings. The van der Waals surface area contributed by atoms with Crippen LogP contribution < -0.4 is 5.32 Å². The SMILES string of the molecule is CCNC(=NCC(c1ccccc1)N(C)C)N(C)CCOCC1CC1.I. The highest BCUT2D eigenvalue weighted by Gasteiger charge is 2.21. The van der Waals surface area contributed by atoms with Crippen LogP contribution in [0.2, 0.25) is 0 Å². The molecule has 2 rings (SSSR count). The van der Waals surface area contributed by atoms with Gasteiger partial charge in [0.05, 0.1) is 19.2 Å². The summed E-state index contributed by atoms with van der Waals surface area (Å²) in [6.07, 6.45) is 2.68. The molecule has 0 radical (unpaired) electrons. The maximum Gasteiger partial charge on any atom is 0.193 e. The molecule has 1 aromatic carbocycles. The zero-order valence-corrected chi connectivity index (χ0v) is 19.0. The number of likely N-dealkylation sites (N-methyl/N-ethyl adjacent to an activating group) is 2. The molecule has 0 saturated heterocycles. The smallest absolute Gasteiger partial charge is 0.193 e. The van der Waals surface area contributed by atoms with Gasteiger partial charge in [-0.25, -0.2) is 0 Å². The van der Waals surface area contributed by atoms with Crippen molar-refractivity contribution in [1.29, 1.82) is 0 Å². The Morgan fingerprint density at radius 3 is 2.50 bits per heavy atom. The van der Waals surface area contributed by atoms with E-state index < -0.39 is 0 Å². The minimum atomic E-state index is 0. The maximum atomic E-state index is 5.76. The molecule has 1 unspecified atom stereocenters. The van der Waals surface area contributed by atoms with E-state index in [9.17, 15) is 0 Å². The van der Waals surface area contributed by atoms with Crippen LogP contribution in [0.15, 0.2) is 35.3 Å². The van der Waals surface area contributed by atoms with Crippen molar-refractivity contribution in [1.82, 2.24) is 15.1 Å². The second kappa shape index (κ2) is 12.5. The fourth-order valence-electron chi connectivity index (χ4n) is 2.73. The molecule has 1 aliphatic carbocycles. The lowest BCUT2D eigenvalue weighted by molar-refractivity contribution is 0.115. The highest BCUT2D eigenvalue weighted by Crippen LogP contribution is 2.28. The first-order valence-electron chi connectivity index (χ1n) is 9.40. The van der Waals surface area contributed by atoms with E-state index >= 15 is 0 Å². The molecule has 0 bridgehead atoms. The molecular weight excluding hydrogens is 439 g/mol. The Kier molecular flexibility index (Phi) is 11.2. The molecule has 1 aliphatic rings. The second-order valence-corrected chi connectivity index (χ2v) is 7.02. The van der Waals surface area contributed by atoms with Crippen LogP contribution in [0, 0.1) is 5.92 Å². The molecule has 0 aliphatic heterocycles. The number of nitrogens with zero attached hydrogens (tertiary/aromatic N) is 3. The quantitative estimate of drug-likeness (QED) is 0.245. The van der Waals surface area contributed by atoms with Crippen LogP contribution in [0.3, 0.4) is 0 Å². The Balaban J connectivity index is 0.00000338. The van der Waals surface area contributed by atoms with E-state index in [2.05, 4.69) is 73.5 Å². The average Bonchev–Trinajstić information content (AvgIpc) is 3.43. The van der Waals surface area contributed by atoms with E-state index in [0.717, 1.165) is 44.7 Å². The Bertz CT molecular complexity index is 520. The Morgan fingerprint density at radius 1 is 1.23 bits per heavy atom. The molecule has 1 saturated carbocycles. The molecule has 1 fully saturated rings. The molecule has 0 aromatic heterocycles. The van der Waals surface area contributed by atoms with Gasteiger partial charge in [0.1, 0.15) is 0 Å². The minimum Gasteiger partial charge on any atom is -0.379 e. The number of benzene rings is 1. The Labute approximate surface area is 176 Å². The fourth-order valence-corrected chi connectivity index (χ4v) is 2.73. The summed E-state index contributed by atoms with van der Waals surface area (Å²) in [5, 5.41) is 3.39. The van der Waals surface area contributed by atoms with E-state index in [0.29, 0.717) is 0 Å². The lowest BCUT2D eigenvalue weighted by Crippen LogP contribution is -2.41. The van der Waals surface area contributed by atoms with Crippen LogP contribution >= 0.6 is 24.0 Å². The van der Waals surface area contributed by atoms with Crippen molar-refractivity contribution in [3.8, 4) is 0 Å². The average molecular weight is 474 g/mol. The normalized spacial score (nSPS) is 15.5. The third-order valence-corrected chi connectivity index (χ3v) is 4.54. The van der Waals surface area contributed by atoms with Crippen molar-refractivity contribution in [3.05, 3.63) is 35.9 Å². The van der Waals surface area contributed by atoms with E-state index in [1.165, 1.54) is 18.4 Å². The fraction of sp³-hybridized carbons (Fsp3) is 0.650. The van der Waals surface area contributed by atoms with Gasteiger partial charge in [-0.2, -0.15) is 0 Å². The van der Waals surface area contributed by atoms with Gasteiger partial charge >= 0.3 is 0 Å². The highest BCUT2D eigenvalue weighted by atomic mass is 127. The third-order valence-electron chi connectivity index (χ3n) is 4.54. The topological polar surface area (TPSA) is 40.1 Å². The van der Waals surface area contributed by atoms with Gasteiger partial charge in [-0.1, -0.05) is 30.3 Å². The molecule has 0 spiro atoms. The molecule has 0 amide bonds. The maximum absolute atomic E-state index is 5.76. The lowest BCUT2D eigenvalue weighted by atomic mass is 10.1. The van der Waals surface area contributed by atoms with Crippen molar-refractivity contribution in [2.24, 2.45) is 10.9 Å². The highest BCUT2D eigenvalue weighted by molar-refractivity contribution is 14.0. The van der Waals surface area contributed by atoms with Crippen molar-refractivity contribution in [2.75, 3.05) is 54.0 Å². The van der Waals surface area contributed by atoms with Crippen LogP contribution in [-0.2, 0) is 4.74 Å². The number of halogens is 1. The van der Waals surface area contributed by atoms with Gasteiger partial charge < -0.3 is 19.9 Å². The van der Waals surface area contributed by atoms with Crippen molar-refractivity contribution >= 4 is 29.9 Å². The van der Waals surface area contributed by atoms with Gasteiger partial charge in [-0.3, -0.25) is 4.99 Å². The summed E-state index contributed by atoms with van der Waals surface area (Å²) in [5.41, 5.74) is 1.29. The molecule has 6 heteroatoms. The zero-order chi connectivity index (χ0) is 18.1. The molecule has 26 heavy (non-hydrogen) atoms. The largest absolute Gasteiger partial charge is 0.379 e. The number of aliphatic imine (C=N–C) groups is 1. The summed E-state index contributed by atoms with van der Waals surface area (Å²) < 4.78 is 5.76. The minimum absolute atomic E-state index is 0. The first kappa shape index (κ1) is 23.2. The molecule has 5 nitrogen and oxygen atoms in total. The first-order chi connectivity index (χ1) is 12.1. The van der Waals surface area contributed by atoms with Crippen LogP contribution in [0.4, 0.5) is 0 Å². The number of hydrogen-bond acceptors (Lipinski definition) is 3. The van der Waals surface area contributed by atoms with Gasteiger partial charge in [0.2, 0.25) is 0 Å². The molecule has 0 heterocycles. The molecule has 1 atom stereocenters. The Morgan fingerprint density at radius 2 is 1.92 bits per heavy atom. The molecule has 148 valence electrons.